The van der Waals surface area contributed by atoms with Crippen molar-refractivity contribution in [1.82, 2.24) is 9.97 Å². The zero-order chi connectivity index (χ0) is 13.9. The molecule has 0 amide bonds. The zero-order valence-electron chi connectivity index (χ0n) is 10.7. The lowest BCUT2D eigenvalue weighted by molar-refractivity contribution is 0.181. The number of ether oxygens (including phenoxy) is 1. The fourth-order valence-corrected chi connectivity index (χ4v) is 2.29. The number of benzene rings is 1. The van der Waals surface area contributed by atoms with E-state index in [2.05, 4.69) is 9.97 Å². The third-order valence-corrected chi connectivity index (χ3v) is 3.72. The topological polar surface area (TPSA) is 69.2 Å². The fourth-order valence-electron chi connectivity index (χ4n) is 1.66. The molecule has 6 heteroatoms. The van der Waals surface area contributed by atoms with E-state index >= 15 is 0 Å². The van der Waals surface area contributed by atoms with Crippen LogP contribution in [0.4, 0.5) is 0 Å². The fraction of sp³-hybridized carbons (Fsp3) is 0.231. The van der Waals surface area contributed by atoms with Crippen molar-refractivity contribution in [2.75, 3.05) is 13.4 Å². The third-order valence-electron chi connectivity index (χ3n) is 2.59. The summed E-state index contributed by atoms with van der Waals surface area (Å²) >= 11 is 0. The van der Waals surface area contributed by atoms with Crippen LogP contribution in [-0.2, 0) is 21.2 Å². The van der Waals surface area contributed by atoms with Gasteiger partial charge in [-0.2, -0.15) is 0 Å². The molecule has 0 spiro atoms. The molecule has 0 radical (unpaired) electrons. The van der Waals surface area contributed by atoms with Crippen LogP contribution in [0.3, 0.4) is 0 Å². The van der Waals surface area contributed by atoms with Crippen molar-refractivity contribution in [2.24, 2.45) is 0 Å². The van der Waals surface area contributed by atoms with Gasteiger partial charge in [0.05, 0.1) is 22.9 Å². The van der Waals surface area contributed by atoms with Gasteiger partial charge in [-0.1, -0.05) is 12.1 Å². The first-order chi connectivity index (χ1) is 9.00. The first-order valence-electron chi connectivity index (χ1n) is 5.61. The van der Waals surface area contributed by atoms with Crippen LogP contribution in [0, 0.1) is 0 Å². The smallest absolute Gasteiger partial charge is 0.175 e. The Hall–Kier alpha value is -1.79. The minimum Gasteiger partial charge on any atom is -0.378 e. The number of rotatable bonds is 4. The van der Waals surface area contributed by atoms with E-state index in [9.17, 15) is 8.42 Å². The van der Waals surface area contributed by atoms with Gasteiger partial charge in [0.1, 0.15) is 6.33 Å². The van der Waals surface area contributed by atoms with E-state index < -0.39 is 9.84 Å². The van der Waals surface area contributed by atoms with Gasteiger partial charge < -0.3 is 4.74 Å². The first kappa shape index (κ1) is 13.6. The molecule has 0 N–H and O–H groups in total. The van der Waals surface area contributed by atoms with Crippen LogP contribution < -0.4 is 0 Å². The molecule has 1 aromatic heterocycles. The van der Waals surface area contributed by atoms with E-state index in [1.54, 1.807) is 31.4 Å². The molecule has 0 saturated carbocycles. The Morgan fingerprint density at radius 3 is 2.42 bits per heavy atom. The maximum Gasteiger partial charge on any atom is 0.175 e. The molecular weight excluding hydrogens is 264 g/mol. The van der Waals surface area contributed by atoms with Crippen molar-refractivity contribution >= 4 is 9.84 Å². The summed E-state index contributed by atoms with van der Waals surface area (Å²) in [5, 5.41) is 0. The Kier molecular flexibility index (Phi) is 3.92. The van der Waals surface area contributed by atoms with Crippen LogP contribution in [0.5, 0.6) is 0 Å². The molecule has 1 heterocycles. The molecule has 0 saturated heterocycles. The minimum absolute atomic E-state index is 0.294. The lowest BCUT2D eigenvalue weighted by Crippen LogP contribution is -1.97. The Bertz CT molecular complexity index is 667. The molecule has 5 nitrogen and oxygen atoms in total. The van der Waals surface area contributed by atoms with E-state index in [0.717, 1.165) is 17.0 Å². The second-order valence-corrected chi connectivity index (χ2v) is 6.14. The Morgan fingerprint density at radius 1 is 1.16 bits per heavy atom. The number of aromatic nitrogens is 2. The van der Waals surface area contributed by atoms with E-state index in [1.165, 1.54) is 12.6 Å². The van der Waals surface area contributed by atoms with E-state index in [1.807, 2.05) is 6.07 Å². The van der Waals surface area contributed by atoms with Gasteiger partial charge in [0.15, 0.2) is 9.84 Å². The van der Waals surface area contributed by atoms with Gasteiger partial charge in [0.2, 0.25) is 0 Å². The Labute approximate surface area is 112 Å². The van der Waals surface area contributed by atoms with Crippen molar-refractivity contribution in [1.29, 1.82) is 0 Å². The van der Waals surface area contributed by atoms with Crippen LogP contribution in [-0.4, -0.2) is 31.8 Å². The van der Waals surface area contributed by atoms with Crippen LogP contribution >= 0.6 is 0 Å². The summed E-state index contributed by atoms with van der Waals surface area (Å²) in [5.74, 6) is 0. The van der Waals surface area contributed by atoms with Crippen molar-refractivity contribution in [2.45, 2.75) is 11.5 Å². The van der Waals surface area contributed by atoms with Crippen LogP contribution in [0.15, 0.2) is 41.6 Å². The van der Waals surface area contributed by atoms with Gasteiger partial charge in [0, 0.05) is 18.9 Å². The maximum atomic E-state index is 11.4. The second kappa shape index (κ2) is 5.46. The molecule has 0 unspecified atom stereocenters. The SMILES string of the molecule is COCc1cc(-c2ccc(S(C)(=O)=O)cc2)ncn1. The lowest BCUT2D eigenvalue weighted by Gasteiger charge is -2.04. The molecule has 2 aromatic rings. The quantitative estimate of drug-likeness (QED) is 0.851. The van der Waals surface area contributed by atoms with Crippen LogP contribution in [0.25, 0.3) is 11.3 Å². The summed E-state index contributed by atoms with van der Waals surface area (Å²) in [5.41, 5.74) is 2.36. The molecule has 0 atom stereocenters. The van der Waals surface area contributed by atoms with Gasteiger partial charge in [-0.3, -0.25) is 0 Å². The van der Waals surface area contributed by atoms with Gasteiger partial charge in [0.25, 0.3) is 0 Å². The summed E-state index contributed by atoms with van der Waals surface area (Å²) in [4.78, 5) is 8.54. The Morgan fingerprint density at radius 2 is 1.84 bits per heavy atom. The van der Waals surface area contributed by atoms with Gasteiger partial charge in [-0.25, -0.2) is 18.4 Å². The molecular formula is C13H14N2O3S. The van der Waals surface area contributed by atoms with Crippen molar-refractivity contribution < 1.29 is 13.2 Å². The molecule has 0 aliphatic rings. The number of hydrogen-bond acceptors (Lipinski definition) is 5. The standard InChI is InChI=1S/C13H14N2O3S/c1-18-8-11-7-13(15-9-14-11)10-3-5-12(6-4-10)19(2,16)17/h3-7,9H,8H2,1-2H3. The highest BCUT2D eigenvalue weighted by atomic mass is 32.2. The number of methoxy groups -OCH3 is 1. The largest absolute Gasteiger partial charge is 0.378 e. The number of sulfone groups is 1. The summed E-state index contributed by atoms with van der Waals surface area (Å²) in [7, 11) is -1.57. The Balaban J connectivity index is 2.34. The average molecular weight is 278 g/mol. The predicted octanol–water partition coefficient (Wildman–Crippen LogP) is 1.69. The van der Waals surface area contributed by atoms with Crippen LogP contribution in [0.2, 0.25) is 0 Å². The average Bonchev–Trinajstić information content (AvgIpc) is 2.39. The monoisotopic (exact) mass is 278 g/mol. The van der Waals surface area contributed by atoms with Crippen molar-refractivity contribution in [3.8, 4) is 11.3 Å². The predicted molar refractivity (Wildman–Crippen MR) is 71.3 cm³/mol. The molecule has 0 aliphatic carbocycles. The molecule has 1 aromatic carbocycles. The van der Waals surface area contributed by atoms with Gasteiger partial charge >= 0.3 is 0 Å². The van der Waals surface area contributed by atoms with Crippen LogP contribution in [0.1, 0.15) is 5.69 Å². The molecule has 0 aliphatic heterocycles. The van der Waals surface area contributed by atoms with Crippen molar-refractivity contribution in [3.05, 3.63) is 42.4 Å². The van der Waals surface area contributed by atoms with Crippen molar-refractivity contribution in [3.63, 3.8) is 0 Å². The molecule has 0 bridgehead atoms. The maximum absolute atomic E-state index is 11.4. The zero-order valence-corrected chi connectivity index (χ0v) is 11.5. The highest BCUT2D eigenvalue weighted by Gasteiger charge is 2.07. The minimum atomic E-state index is -3.17. The lowest BCUT2D eigenvalue weighted by atomic mass is 10.1. The number of hydrogen-bond donors (Lipinski definition) is 0. The summed E-state index contributed by atoms with van der Waals surface area (Å²) in [6.07, 6.45) is 2.65. The second-order valence-electron chi connectivity index (χ2n) is 4.12. The number of nitrogens with zero attached hydrogens (tertiary/aromatic N) is 2. The van der Waals surface area contributed by atoms with Gasteiger partial charge in [-0.15, -0.1) is 0 Å². The highest BCUT2D eigenvalue weighted by molar-refractivity contribution is 7.90. The highest BCUT2D eigenvalue weighted by Crippen LogP contribution is 2.19. The summed E-state index contributed by atoms with van der Waals surface area (Å²) < 4.78 is 27.8. The summed E-state index contributed by atoms with van der Waals surface area (Å²) in [6.45, 7) is 0.414. The normalized spacial score (nSPS) is 11.5. The molecule has 0 fully saturated rings. The van der Waals surface area contributed by atoms with E-state index in [4.69, 9.17) is 4.74 Å². The summed E-state index contributed by atoms with van der Waals surface area (Å²) in [6, 6.07) is 8.43. The molecule has 19 heavy (non-hydrogen) atoms. The van der Waals surface area contributed by atoms with E-state index in [-0.39, 0.29) is 0 Å². The van der Waals surface area contributed by atoms with Gasteiger partial charge in [-0.05, 0) is 18.2 Å². The molecule has 2 rings (SSSR count). The van der Waals surface area contributed by atoms with E-state index in [0.29, 0.717) is 11.5 Å². The third kappa shape index (κ3) is 3.36. The first-order valence-corrected chi connectivity index (χ1v) is 7.50. The molecule has 100 valence electrons.